The quantitative estimate of drug-likeness (QED) is 0.466. The van der Waals surface area contributed by atoms with Gasteiger partial charge in [-0.05, 0) is 18.8 Å². The zero-order valence-corrected chi connectivity index (χ0v) is 14.8. The van der Waals surface area contributed by atoms with Crippen LogP contribution in [-0.4, -0.2) is 60.7 Å². The van der Waals surface area contributed by atoms with E-state index in [1.54, 1.807) is 6.26 Å². The van der Waals surface area contributed by atoms with Crippen molar-refractivity contribution in [2.75, 3.05) is 39.8 Å². The Kier molecular flexibility index (Phi) is 6.28. The molecule has 0 radical (unpaired) electrons. The Labute approximate surface area is 143 Å². The van der Waals surface area contributed by atoms with Crippen LogP contribution in [0.1, 0.15) is 18.5 Å². The van der Waals surface area contributed by atoms with Crippen LogP contribution in [-0.2, 0) is 6.54 Å². The van der Waals surface area contributed by atoms with Crippen molar-refractivity contribution in [2.45, 2.75) is 19.4 Å². The fourth-order valence-corrected chi connectivity index (χ4v) is 2.56. The number of hydrogen-bond acceptors (Lipinski definition) is 4. The number of rotatable bonds is 4. The molecule has 2 fully saturated rings. The van der Waals surface area contributed by atoms with E-state index in [9.17, 15) is 0 Å². The number of nitrogens with zero attached hydrogens (tertiary/aromatic N) is 4. The fraction of sp³-hybridized carbons (Fsp3) is 0.714. The number of guanidine groups is 1. The molecule has 0 unspecified atom stereocenters. The van der Waals surface area contributed by atoms with Crippen LogP contribution in [0.25, 0.3) is 0 Å². The van der Waals surface area contributed by atoms with Crippen molar-refractivity contribution in [3.8, 4) is 0 Å². The van der Waals surface area contributed by atoms with Crippen LogP contribution in [0, 0.1) is 5.92 Å². The predicted molar refractivity (Wildman–Crippen MR) is 92.9 cm³/mol. The van der Waals surface area contributed by atoms with E-state index in [0.717, 1.165) is 56.8 Å². The summed E-state index contributed by atoms with van der Waals surface area (Å²) in [7, 11) is 1.87. The summed E-state index contributed by atoms with van der Waals surface area (Å²) < 4.78 is 4.88. The third-order valence-electron chi connectivity index (χ3n) is 4.01. The minimum atomic E-state index is 0. The van der Waals surface area contributed by atoms with E-state index in [-0.39, 0.29) is 24.0 Å². The number of hydrogen-bond donors (Lipinski definition) is 1. The lowest BCUT2D eigenvalue weighted by Crippen LogP contribution is -2.52. The molecule has 1 aliphatic heterocycles. The average Bonchev–Trinajstić information content (AvgIpc) is 3.17. The van der Waals surface area contributed by atoms with E-state index in [4.69, 9.17) is 4.52 Å². The van der Waals surface area contributed by atoms with Gasteiger partial charge in [0.15, 0.2) is 5.96 Å². The van der Waals surface area contributed by atoms with Gasteiger partial charge >= 0.3 is 0 Å². The summed E-state index contributed by atoms with van der Waals surface area (Å²) in [6.45, 7) is 6.06. The van der Waals surface area contributed by atoms with Gasteiger partial charge in [0.25, 0.3) is 0 Å². The lowest BCUT2D eigenvalue weighted by molar-refractivity contribution is 0.169. The van der Waals surface area contributed by atoms with Crippen LogP contribution < -0.4 is 5.32 Å². The fourth-order valence-electron chi connectivity index (χ4n) is 2.56. The Morgan fingerprint density at radius 1 is 1.38 bits per heavy atom. The average molecular weight is 405 g/mol. The van der Waals surface area contributed by atoms with E-state index >= 15 is 0 Å². The first kappa shape index (κ1) is 16.5. The SMILES string of the molecule is CN=C(NCC1CC1)N1CCN(Cc2ccon2)CC1.I. The summed E-state index contributed by atoms with van der Waals surface area (Å²) in [4.78, 5) is 9.15. The summed E-state index contributed by atoms with van der Waals surface area (Å²) in [6, 6.07) is 1.93. The third kappa shape index (κ3) is 4.84. The smallest absolute Gasteiger partial charge is 0.193 e. The third-order valence-corrected chi connectivity index (χ3v) is 4.01. The number of piperazine rings is 1. The van der Waals surface area contributed by atoms with Crippen LogP contribution in [0.4, 0.5) is 0 Å². The van der Waals surface area contributed by atoms with Gasteiger partial charge < -0.3 is 14.7 Å². The second kappa shape index (κ2) is 7.98. The Balaban J connectivity index is 0.00000161. The maximum atomic E-state index is 4.88. The van der Waals surface area contributed by atoms with E-state index in [2.05, 4.69) is 25.3 Å². The van der Waals surface area contributed by atoms with Crippen LogP contribution in [0.15, 0.2) is 21.8 Å². The zero-order chi connectivity index (χ0) is 13.8. The van der Waals surface area contributed by atoms with Gasteiger partial charge in [-0.25, -0.2) is 0 Å². The second-order valence-corrected chi connectivity index (χ2v) is 5.63. The van der Waals surface area contributed by atoms with Gasteiger partial charge in [0, 0.05) is 52.4 Å². The molecule has 0 atom stereocenters. The maximum absolute atomic E-state index is 4.88. The molecule has 2 heterocycles. The summed E-state index contributed by atoms with van der Waals surface area (Å²) in [6.07, 6.45) is 4.38. The highest BCUT2D eigenvalue weighted by molar-refractivity contribution is 14.0. The van der Waals surface area contributed by atoms with Gasteiger partial charge in [-0.1, -0.05) is 5.16 Å². The molecule has 6 nitrogen and oxygen atoms in total. The summed E-state index contributed by atoms with van der Waals surface area (Å²) >= 11 is 0. The predicted octanol–water partition coefficient (Wildman–Crippen LogP) is 1.40. The molecule has 1 N–H and O–H groups in total. The topological polar surface area (TPSA) is 56.9 Å². The van der Waals surface area contributed by atoms with Crippen molar-refractivity contribution in [1.29, 1.82) is 0 Å². The highest BCUT2D eigenvalue weighted by atomic mass is 127. The molecular formula is C14H24IN5O. The molecule has 7 heteroatoms. The number of halogens is 1. The molecule has 21 heavy (non-hydrogen) atoms. The molecule has 0 amide bonds. The van der Waals surface area contributed by atoms with Gasteiger partial charge in [0.05, 0.1) is 5.69 Å². The molecule has 0 bridgehead atoms. The Morgan fingerprint density at radius 2 is 2.14 bits per heavy atom. The molecule has 1 aliphatic carbocycles. The van der Waals surface area contributed by atoms with Crippen molar-refractivity contribution in [2.24, 2.45) is 10.9 Å². The van der Waals surface area contributed by atoms with Crippen molar-refractivity contribution in [3.63, 3.8) is 0 Å². The minimum Gasteiger partial charge on any atom is -0.364 e. The molecule has 2 aliphatic rings. The molecule has 1 aromatic heterocycles. The second-order valence-electron chi connectivity index (χ2n) is 5.63. The molecular weight excluding hydrogens is 381 g/mol. The molecule has 0 spiro atoms. The van der Waals surface area contributed by atoms with Crippen molar-refractivity contribution < 1.29 is 4.52 Å². The van der Waals surface area contributed by atoms with Crippen LogP contribution >= 0.6 is 24.0 Å². The molecule has 0 aromatic carbocycles. The normalized spacial score (nSPS) is 20.2. The first-order chi connectivity index (χ1) is 9.85. The van der Waals surface area contributed by atoms with Crippen molar-refractivity contribution in [3.05, 3.63) is 18.0 Å². The highest BCUT2D eigenvalue weighted by Crippen LogP contribution is 2.27. The van der Waals surface area contributed by atoms with E-state index in [0.29, 0.717) is 0 Å². The van der Waals surface area contributed by atoms with E-state index < -0.39 is 0 Å². The first-order valence-corrected chi connectivity index (χ1v) is 7.42. The van der Waals surface area contributed by atoms with Crippen LogP contribution in [0.3, 0.4) is 0 Å². The van der Waals surface area contributed by atoms with Gasteiger partial charge in [0.1, 0.15) is 6.26 Å². The van der Waals surface area contributed by atoms with Crippen LogP contribution in [0.5, 0.6) is 0 Å². The lowest BCUT2D eigenvalue weighted by atomic mass is 10.3. The zero-order valence-electron chi connectivity index (χ0n) is 12.5. The lowest BCUT2D eigenvalue weighted by Gasteiger charge is -2.36. The van der Waals surface area contributed by atoms with Gasteiger partial charge in [-0.15, -0.1) is 24.0 Å². The van der Waals surface area contributed by atoms with E-state index in [1.165, 1.54) is 12.8 Å². The standard InChI is InChI=1S/C14H23N5O.HI/c1-15-14(16-10-12-2-3-12)19-7-5-18(6-8-19)11-13-4-9-20-17-13;/h4,9,12H,2-3,5-8,10-11H2,1H3,(H,15,16);1H. The number of aliphatic imine (C=N–C) groups is 1. The Hall–Kier alpha value is -0.830. The minimum absolute atomic E-state index is 0. The van der Waals surface area contributed by atoms with Crippen molar-refractivity contribution >= 4 is 29.9 Å². The summed E-state index contributed by atoms with van der Waals surface area (Å²) in [5.41, 5.74) is 1.01. The molecule has 1 saturated heterocycles. The first-order valence-electron chi connectivity index (χ1n) is 7.42. The maximum Gasteiger partial charge on any atom is 0.193 e. The Morgan fingerprint density at radius 3 is 2.71 bits per heavy atom. The van der Waals surface area contributed by atoms with Gasteiger partial charge in [-0.3, -0.25) is 9.89 Å². The molecule has 3 rings (SSSR count). The van der Waals surface area contributed by atoms with Crippen LogP contribution in [0.2, 0.25) is 0 Å². The summed E-state index contributed by atoms with van der Waals surface area (Å²) in [5, 5.41) is 7.46. The monoisotopic (exact) mass is 405 g/mol. The molecule has 118 valence electrons. The summed E-state index contributed by atoms with van der Waals surface area (Å²) in [5.74, 6) is 1.93. The van der Waals surface area contributed by atoms with Crippen molar-refractivity contribution in [1.82, 2.24) is 20.3 Å². The highest BCUT2D eigenvalue weighted by Gasteiger charge is 2.24. The largest absolute Gasteiger partial charge is 0.364 e. The number of nitrogens with one attached hydrogen (secondary N) is 1. The molecule has 1 aromatic rings. The van der Waals surface area contributed by atoms with Gasteiger partial charge in [-0.2, -0.15) is 0 Å². The Bertz CT molecular complexity index is 438. The molecule has 1 saturated carbocycles. The number of aromatic nitrogens is 1. The van der Waals surface area contributed by atoms with Gasteiger partial charge in [0.2, 0.25) is 0 Å². The van der Waals surface area contributed by atoms with E-state index in [1.807, 2.05) is 13.1 Å².